The lowest BCUT2D eigenvalue weighted by molar-refractivity contribution is 0.385. The summed E-state index contributed by atoms with van der Waals surface area (Å²) in [7, 11) is -3.64. The molecule has 0 saturated carbocycles. The van der Waals surface area contributed by atoms with E-state index in [9.17, 15) is 8.42 Å². The van der Waals surface area contributed by atoms with Crippen molar-refractivity contribution in [3.63, 3.8) is 0 Å². The molecule has 0 aliphatic carbocycles. The standard InChI is InChI=1S/C16H16N4O2S/c17-13-14-3-1-2-4-16(14)23(21,22)20-11-9-19(10-12-20)15-5-7-18-8-6-15/h1-8H,9-12H2. The Kier molecular flexibility index (Phi) is 4.28. The van der Waals surface area contributed by atoms with E-state index in [1.165, 1.54) is 16.4 Å². The molecule has 2 aromatic rings. The monoisotopic (exact) mass is 328 g/mol. The molecule has 2 heterocycles. The summed E-state index contributed by atoms with van der Waals surface area (Å²) in [6.07, 6.45) is 3.45. The third-order valence-electron chi connectivity index (χ3n) is 3.89. The minimum Gasteiger partial charge on any atom is -0.369 e. The Morgan fingerprint density at radius 1 is 1.00 bits per heavy atom. The van der Waals surface area contributed by atoms with E-state index in [1.807, 2.05) is 18.2 Å². The molecule has 1 aliphatic heterocycles. The second-order valence-electron chi connectivity index (χ2n) is 5.20. The normalized spacial score (nSPS) is 16.0. The minimum absolute atomic E-state index is 0.0832. The molecule has 1 aromatic heterocycles. The highest BCUT2D eigenvalue weighted by molar-refractivity contribution is 7.89. The molecular formula is C16H16N4O2S. The maximum Gasteiger partial charge on any atom is 0.244 e. The Hall–Kier alpha value is -2.43. The Bertz CT molecular complexity index is 823. The van der Waals surface area contributed by atoms with Crippen molar-refractivity contribution < 1.29 is 8.42 Å². The zero-order valence-corrected chi connectivity index (χ0v) is 13.3. The van der Waals surface area contributed by atoms with Crippen LogP contribution in [-0.2, 0) is 10.0 Å². The molecule has 3 rings (SSSR count). The fraction of sp³-hybridized carbons (Fsp3) is 0.250. The predicted molar refractivity (Wildman–Crippen MR) is 86.4 cm³/mol. The molecule has 1 fully saturated rings. The molecule has 118 valence electrons. The Morgan fingerprint density at radius 3 is 2.30 bits per heavy atom. The van der Waals surface area contributed by atoms with E-state index in [2.05, 4.69) is 9.88 Å². The average molecular weight is 328 g/mol. The number of pyridine rings is 1. The van der Waals surface area contributed by atoms with Crippen LogP contribution in [0.1, 0.15) is 5.56 Å². The van der Waals surface area contributed by atoms with Gasteiger partial charge in [-0.2, -0.15) is 9.57 Å². The number of nitrogens with zero attached hydrogens (tertiary/aromatic N) is 4. The topological polar surface area (TPSA) is 77.3 Å². The van der Waals surface area contributed by atoms with Gasteiger partial charge in [-0.1, -0.05) is 12.1 Å². The van der Waals surface area contributed by atoms with E-state index in [4.69, 9.17) is 5.26 Å². The first-order chi connectivity index (χ1) is 11.1. The van der Waals surface area contributed by atoms with Crippen molar-refractivity contribution in [2.75, 3.05) is 31.1 Å². The molecule has 0 amide bonds. The lowest BCUT2D eigenvalue weighted by Crippen LogP contribution is -2.48. The molecule has 23 heavy (non-hydrogen) atoms. The summed E-state index contributed by atoms with van der Waals surface area (Å²) >= 11 is 0. The van der Waals surface area contributed by atoms with Crippen molar-refractivity contribution in [2.24, 2.45) is 0 Å². The molecule has 0 radical (unpaired) electrons. The molecule has 0 bridgehead atoms. The Balaban J connectivity index is 1.78. The highest BCUT2D eigenvalue weighted by atomic mass is 32.2. The molecule has 1 saturated heterocycles. The molecule has 0 spiro atoms. The molecule has 1 aromatic carbocycles. The van der Waals surface area contributed by atoms with Crippen LogP contribution in [0, 0.1) is 11.3 Å². The number of nitriles is 1. The summed E-state index contributed by atoms with van der Waals surface area (Å²) in [5, 5.41) is 9.12. The van der Waals surface area contributed by atoms with E-state index in [0.717, 1.165) is 5.69 Å². The third-order valence-corrected chi connectivity index (χ3v) is 5.85. The summed E-state index contributed by atoms with van der Waals surface area (Å²) in [5.74, 6) is 0. The number of hydrogen-bond acceptors (Lipinski definition) is 5. The second kappa shape index (κ2) is 6.36. The van der Waals surface area contributed by atoms with Crippen molar-refractivity contribution in [1.29, 1.82) is 5.26 Å². The summed E-state index contributed by atoms with van der Waals surface area (Å²) in [4.78, 5) is 6.20. The zero-order chi connectivity index (χ0) is 16.3. The van der Waals surface area contributed by atoms with Gasteiger partial charge >= 0.3 is 0 Å². The van der Waals surface area contributed by atoms with Gasteiger partial charge in [0.15, 0.2) is 0 Å². The average Bonchev–Trinajstić information content (AvgIpc) is 2.62. The van der Waals surface area contributed by atoms with Gasteiger partial charge in [-0.3, -0.25) is 4.98 Å². The SMILES string of the molecule is N#Cc1ccccc1S(=O)(=O)N1CCN(c2ccncc2)CC1. The van der Waals surface area contributed by atoms with Crippen molar-refractivity contribution >= 4 is 15.7 Å². The molecular weight excluding hydrogens is 312 g/mol. The fourth-order valence-corrected chi connectivity index (χ4v) is 4.23. The lowest BCUT2D eigenvalue weighted by Gasteiger charge is -2.35. The number of anilines is 1. The van der Waals surface area contributed by atoms with Gasteiger partial charge in [0.25, 0.3) is 0 Å². The fourth-order valence-electron chi connectivity index (χ4n) is 2.66. The van der Waals surface area contributed by atoms with Crippen LogP contribution in [0.4, 0.5) is 5.69 Å². The van der Waals surface area contributed by atoms with Gasteiger partial charge in [-0.05, 0) is 24.3 Å². The highest BCUT2D eigenvalue weighted by Gasteiger charge is 2.30. The minimum atomic E-state index is -3.64. The van der Waals surface area contributed by atoms with Crippen LogP contribution in [-0.4, -0.2) is 43.9 Å². The van der Waals surface area contributed by atoms with E-state index in [0.29, 0.717) is 26.2 Å². The molecule has 0 atom stereocenters. The van der Waals surface area contributed by atoms with Crippen molar-refractivity contribution in [3.05, 3.63) is 54.4 Å². The van der Waals surface area contributed by atoms with Crippen LogP contribution in [0.3, 0.4) is 0 Å². The van der Waals surface area contributed by atoms with Crippen LogP contribution in [0.2, 0.25) is 0 Å². The quantitative estimate of drug-likeness (QED) is 0.852. The van der Waals surface area contributed by atoms with Gasteiger partial charge in [0, 0.05) is 44.3 Å². The van der Waals surface area contributed by atoms with Crippen LogP contribution in [0.5, 0.6) is 0 Å². The van der Waals surface area contributed by atoms with E-state index >= 15 is 0 Å². The predicted octanol–water partition coefficient (Wildman–Crippen LogP) is 1.46. The lowest BCUT2D eigenvalue weighted by atomic mass is 10.2. The first-order valence-corrected chi connectivity index (χ1v) is 8.71. The maximum absolute atomic E-state index is 12.8. The number of piperazine rings is 1. The number of sulfonamides is 1. The van der Waals surface area contributed by atoms with Crippen molar-refractivity contribution in [2.45, 2.75) is 4.90 Å². The summed E-state index contributed by atoms with van der Waals surface area (Å²) in [5.41, 5.74) is 1.22. The molecule has 1 aliphatic rings. The zero-order valence-electron chi connectivity index (χ0n) is 12.5. The highest BCUT2D eigenvalue weighted by Crippen LogP contribution is 2.22. The van der Waals surface area contributed by atoms with Crippen molar-refractivity contribution in [1.82, 2.24) is 9.29 Å². The Morgan fingerprint density at radius 2 is 1.65 bits per heavy atom. The van der Waals surface area contributed by atoms with Crippen LogP contribution >= 0.6 is 0 Å². The summed E-state index contributed by atoms with van der Waals surface area (Å²) in [6, 6.07) is 12.1. The van der Waals surface area contributed by atoms with Crippen LogP contribution in [0.15, 0.2) is 53.7 Å². The van der Waals surface area contributed by atoms with E-state index in [1.54, 1.807) is 24.5 Å². The first kappa shape index (κ1) is 15.5. The third kappa shape index (κ3) is 3.04. The van der Waals surface area contributed by atoms with E-state index in [-0.39, 0.29) is 10.5 Å². The number of aromatic nitrogens is 1. The number of rotatable bonds is 3. The van der Waals surface area contributed by atoms with Gasteiger partial charge < -0.3 is 4.90 Å². The summed E-state index contributed by atoms with van der Waals surface area (Å²) in [6.45, 7) is 2.00. The van der Waals surface area contributed by atoms with Crippen LogP contribution in [0.25, 0.3) is 0 Å². The number of benzene rings is 1. The second-order valence-corrected chi connectivity index (χ2v) is 7.11. The van der Waals surface area contributed by atoms with E-state index < -0.39 is 10.0 Å². The van der Waals surface area contributed by atoms with Gasteiger partial charge in [-0.15, -0.1) is 0 Å². The van der Waals surface area contributed by atoms with Crippen molar-refractivity contribution in [3.8, 4) is 6.07 Å². The molecule has 6 nitrogen and oxygen atoms in total. The molecule has 0 N–H and O–H groups in total. The number of hydrogen-bond donors (Lipinski definition) is 0. The summed E-state index contributed by atoms with van der Waals surface area (Å²) < 4.78 is 27.0. The van der Waals surface area contributed by atoms with Gasteiger partial charge in [0.2, 0.25) is 10.0 Å². The first-order valence-electron chi connectivity index (χ1n) is 7.27. The van der Waals surface area contributed by atoms with Gasteiger partial charge in [0.05, 0.1) is 10.5 Å². The maximum atomic E-state index is 12.8. The smallest absolute Gasteiger partial charge is 0.244 e. The molecule has 0 unspecified atom stereocenters. The van der Waals surface area contributed by atoms with Crippen LogP contribution < -0.4 is 4.90 Å². The largest absolute Gasteiger partial charge is 0.369 e. The van der Waals surface area contributed by atoms with Gasteiger partial charge in [-0.25, -0.2) is 8.42 Å². The Labute approximate surface area is 135 Å². The molecule has 7 heteroatoms. The van der Waals surface area contributed by atoms with Gasteiger partial charge in [0.1, 0.15) is 6.07 Å².